The molecule has 0 unspecified atom stereocenters. The van der Waals surface area contributed by atoms with Gasteiger partial charge in [0.1, 0.15) is 0 Å². The predicted molar refractivity (Wildman–Crippen MR) is 118 cm³/mol. The van der Waals surface area contributed by atoms with Crippen molar-refractivity contribution in [2.75, 3.05) is 0 Å². The van der Waals surface area contributed by atoms with Crippen LogP contribution >= 0.6 is 23.4 Å². The zero-order chi connectivity index (χ0) is 20.8. The fraction of sp³-hybridized carbons (Fsp3) is 0.227. The summed E-state index contributed by atoms with van der Waals surface area (Å²) in [7, 11) is 0. The van der Waals surface area contributed by atoms with E-state index in [1.807, 2.05) is 60.9 Å². The third kappa shape index (κ3) is 5.49. The Morgan fingerprint density at radius 3 is 2.72 bits per heavy atom. The maximum Gasteiger partial charge on any atom is 0.251 e. The number of hydrogen-bond donors (Lipinski definition) is 1. The Kier molecular flexibility index (Phi) is 7.12. The molecule has 0 saturated heterocycles. The van der Waals surface area contributed by atoms with E-state index < -0.39 is 0 Å². The Balaban J connectivity index is 1.73. The second kappa shape index (κ2) is 9.76. The SMILES string of the molecule is C=CCn1c(SCc2ccc(Cl)cc2)nnc1[C@H](C)NC(=O)c1cccc(C)c1. The van der Waals surface area contributed by atoms with Crippen LogP contribution in [0.1, 0.15) is 40.3 Å². The number of halogens is 1. The van der Waals surface area contributed by atoms with Crippen molar-refractivity contribution in [1.29, 1.82) is 0 Å². The molecule has 7 heteroatoms. The summed E-state index contributed by atoms with van der Waals surface area (Å²) in [5.74, 6) is 1.31. The molecule has 0 spiro atoms. The van der Waals surface area contributed by atoms with Gasteiger partial charge in [0.2, 0.25) is 0 Å². The summed E-state index contributed by atoms with van der Waals surface area (Å²) in [5.41, 5.74) is 2.82. The van der Waals surface area contributed by atoms with Crippen molar-refractivity contribution in [2.24, 2.45) is 0 Å². The number of hydrogen-bond acceptors (Lipinski definition) is 4. The lowest BCUT2D eigenvalue weighted by Crippen LogP contribution is -2.28. The van der Waals surface area contributed by atoms with Gasteiger partial charge in [0.25, 0.3) is 5.91 Å². The highest BCUT2D eigenvalue weighted by molar-refractivity contribution is 7.98. The Morgan fingerprint density at radius 2 is 2.03 bits per heavy atom. The average molecular weight is 427 g/mol. The van der Waals surface area contributed by atoms with Crippen LogP contribution in [-0.4, -0.2) is 20.7 Å². The standard InChI is InChI=1S/C22H23ClN4OS/c1-4-12-27-20(16(3)24-21(28)18-7-5-6-15(2)13-18)25-26-22(27)29-14-17-8-10-19(23)11-9-17/h4-11,13,16H,1,12,14H2,2-3H3,(H,24,28)/t16-/m0/s1. The third-order valence-electron chi connectivity index (χ3n) is 4.35. The number of amides is 1. The Hall–Kier alpha value is -2.57. The van der Waals surface area contributed by atoms with Gasteiger partial charge >= 0.3 is 0 Å². The minimum Gasteiger partial charge on any atom is -0.342 e. The molecule has 5 nitrogen and oxygen atoms in total. The second-order valence-electron chi connectivity index (χ2n) is 6.72. The Morgan fingerprint density at radius 1 is 1.28 bits per heavy atom. The van der Waals surface area contributed by atoms with Crippen LogP contribution in [-0.2, 0) is 12.3 Å². The van der Waals surface area contributed by atoms with Crippen molar-refractivity contribution >= 4 is 29.3 Å². The number of thioether (sulfide) groups is 1. The molecule has 3 rings (SSSR count). The van der Waals surface area contributed by atoms with Gasteiger partial charge in [-0.1, -0.05) is 59.3 Å². The van der Waals surface area contributed by atoms with Crippen molar-refractivity contribution in [2.45, 2.75) is 37.3 Å². The van der Waals surface area contributed by atoms with E-state index in [1.165, 1.54) is 0 Å². The van der Waals surface area contributed by atoms with Gasteiger partial charge < -0.3 is 9.88 Å². The highest BCUT2D eigenvalue weighted by Crippen LogP contribution is 2.25. The number of aromatic nitrogens is 3. The molecule has 2 aromatic carbocycles. The number of benzene rings is 2. The van der Waals surface area contributed by atoms with Gasteiger partial charge in [-0.05, 0) is 43.7 Å². The lowest BCUT2D eigenvalue weighted by Gasteiger charge is -2.15. The largest absolute Gasteiger partial charge is 0.342 e. The van der Waals surface area contributed by atoms with Gasteiger partial charge in [-0.2, -0.15) is 0 Å². The van der Waals surface area contributed by atoms with E-state index in [1.54, 1.807) is 23.9 Å². The van der Waals surface area contributed by atoms with Gasteiger partial charge in [-0.15, -0.1) is 16.8 Å². The molecule has 1 aromatic heterocycles. The summed E-state index contributed by atoms with van der Waals surface area (Å²) in [4.78, 5) is 12.6. The number of carbonyl (C=O) groups excluding carboxylic acids is 1. The molecule has 1 N–H and O–H groups in total. The zero-order valence-corrected chi connectivity index (χ0v) is 18.0. The smallest absolute Gasteiger partial charge is 0.251 e. The zero-order valence-electron chi connectivity index (χ0n) is 16.4. The van der Waals surface area contributed by atoms with Gasteiger partial charge in [0, 0.05) is 22.9 Å². The molecular weight excluding hydrogens is 404 g/mol. The van der Waals surface area contributed by atoms with Gasteiger partial charge in [-0.3, -0.25) is 4.79 Å². The molecule has 0 fully saturated rings. The molecule has 0 radical (unpaired) electrons. The summed E-state index contributed by atoms with van der Waals surface area (Å²) in [6, 6.07) is 15.0. The quantitative estimate of drug-likeness (QED) is 0.396. The maximum atomic E-state index is 12.6. The van der Waals surface area contributed by atoms with E-state index >= 15 is 0 Å². The summed E-state index contributed by atoms with van der Waals surface area (Å²) in [6.45, 7) is 8.27. The van der Waals surface area contributed by atoms with E-state index in [0.29, 0.717) is 23.0 Å². The molecule has 1 atom stereocenters. The van der Waals surface area contributed by atoms with Gasteiger partial charge in [0.05, 0.1) is 6.04 Å². The summed E-state index contributed by atoms with van der Waals surface area (Å²) in [5, 5.41) is 13.2. The lowest BCUT2D eigenvalue weighted by atomic mass is 10.1. The van der Waals surface area contributed by atoms with E-state index in [2.05, 4.69) is 22.1 Å². The average Bonchev–Trinajstić information content (AvgIpc) is 3.10. The fourth-order valence-corrected chi connectivity index (χ4v) is 3.92. The molecule has 0 aliphatic heterocycles. The van der Waals surface area contributed by atoms with Crippen molar-refractivity contribution in [3.8, 4) is 0 Å². The number of aryl methyl sites for hydroxylation is 1. The molecule has 0 bridgehead atoms. The molecule has 1 amide bonds. The molecule has 0 aliphatic rings. The van der Waals surface area contributed by atoms with E-state index in [4.69, 9.17) is 11.6 Å². The Bertz CT molecular complexity index is 1000. The number of carbonyl (C=O) groups is 1. The van der Waals surface area contributed by atoms with Gasteiger partial charge in [0.15, 0.2) is 11.0 Å². The van der Waals surface area contributed by atoms with E-state index in [-0.39, 0.29) is 11.9 Å². The Labute approximate surface area is 180 Å². The van der Waals surface area contributed by atoms with Crippen molar-refractivity contribution in [3.05, 3.63) is 88.7 Å². The number of allylic oxidation sites excluding steroid dienone is 1. The molecule has 1 heterocycles. The van der Waals surface area contributed by atoms with Crippen LogP contribution in [0.15, 0.2) is 66.3 Å². The monoisotopic (exact) mass is 426 g/mol. The normalized spacial score (nSPS) is 11.8. The first kappa shape index (κ1) is 21.1. The van der Waals surface area contributed by atoms with Gasteiger partial charge in [-0.25, -0.2) is 0 Å². The van der Waals surface area contributed by atoms with Crippen molar-refractivity contribution < 1.29 is 4.79 Å². The maximum absolute atomic E-state index is 12.6. The lowest BCUT2D eigenvalue weighted by molar-refractivity contribution is 0.0937. The second-order valence-corrected chi connectivity index (χ2v) is 8.10. The van der Waals surface area contributed by atoms with Crippen LogP contribution in [0.4, 0.5) is 0 Å². The summed E-state index contributed by atoms with van der Waals surface area (Å²) >= 11 is 7.54. The highest BCUT2D eigenvalue weighted by atomic mass is 35.5. The van der Waals surface area contributed by atoms with Crippen LogP contribution in [0, 0.1) is 6.92 Å². The predicted octanol–water partition coefficient (Wildman–Crippen LogP) is 5.21. The molecule has 150 valence electrons. The van der Waals surface area contributed by atoms with E-state index in [0.717, 1.165) is 22.0 Å². The molecule has 3 aromatic rings. The third-order valence-corrected chi connectivity index (χ3v) is 5.64. The molecule has 29 heavy (non-hydrogen) atoms. The van der Waals surface area contributed by atoms with Crippen LogP contribution in [0.25, 0.3) is 0 Å². The fourth-order valence-electron chi connectivity index (χ4n) is 2.89. The van der Waals surface area contributed by atoms with Crippen molar-refractivity contribution in [1.82, 2.24) is 20.1 Å². The van der Waals surface area contributed by atoms with Crippen LogP contribution in [0.3, 0.4) is 0 Å². The van der Waals surface area contributed by atoms with Crippen molar-refractivity contribution in [3.63, 3.8) is 0 Å². The number of nitrogens with zero attached hydrogens (tertiary/aromatic N) is 3. The van der Waals surface area contributed by atoms with Crippen LogP contribution in [0.2, 0.25) is 5.02 Å². The van der Waals surface area contributed by atoms with Crippen LogP contribution in [0.5, 0.6) is 0 Å². The number of rotatable bonds is 8. The number of nitrogens with one attached hydrogen (secondary N) is 1. The first-order valence-electron chi connectivity index (χ1n) is 9.26. The first-order chi connectivity index (χ1) is 14.0. The summed E-state index contributed by atoms with van der Waals surface area (Å²) < 4.78 is 1.98. The topological polar surface area (TPSA) is 59.8 Å². The molecular formula is C22H23ClN4OS. The minimum atomic E-state index is -0.291. The van der Waals surface area contributed by atoms with E-state index in [9.17, 15) is 4.79 Å². The summed E-state index contributed by atoms with van der Waals surface area (Å²) in [6.07, 6.45) is 1.80. The molecule has 0 aliphatic carbocycles. The van der Waals surface area contributed by atoms with Crippen LogP contribution < -0.4 is 5.32 Å². The highest BCUT2D eigenvalue weighted by Gasteiger charge is 2.20. The minimum absolute atomic E-state index is 0.135. The first-order valence-corrected chi connectivity index (χ1v) is 10.6. The molecule has 0 saturated carbocycles.